The third-order valence-corrected chi connectivity index (χ3v) is 11.9. The molecule has 0 aromatic heterocycles. The van der Waals surface area contributed by atoms with Crippen molar-refractivity contribution in [2.75, 3.05) is 71.2 Å². The van der Waals surface area contributed by atoms with E-state index in [1.165, 1.54) is 12.8 Å². The highest BCUT2D eigenvalue weighted by atomic mass is 32.2. The highest BCUT2D eigenvalue weighted by Crippen LogP contribution is 2.41. The fraction of sp³-hybridized carbons (Fsp3) is 0.538. The van der Waals surface area contributed by atoms with E-state index in [1.54, 1.807) is 19.2 Å². The molecule has 11 heteroatoms. The first-order valence-corrected chi connectivity index (χ1v) is 19.5. The molecule has 5 atom stereocenters. The van der Waals surface area contributed by atoms with Crippen LogP contribution in [0, 0.1) is 12.8 Å². The quantitative estimate of drug-likeness (QED) is 0.149. The van der Waals surface area contributed by atoms with Crippen molar-refractivity contribution < 1.29 is 36.8 Å². The summed E-state index contributed by atoms with van der Waals surface area (Å²) < 4.78 is 65.4. The minimum absolute atomic E-state index is 0.0992. The van der Waals surface area contributed by atoms with Crippen LogP contribution in [0.5, 0.6) is 5.75 Å². The minimum Gasteiger partial charge on any atom is -0.490 e. The second-order valence-electron chi connectivity index (χ2n) is 14.0. The number of nitrogens with zero attached hydrogens (tertiary/aromatic N) is 1. The van der Waals surface area contributed by atoms with Gasteiger partial charge in [0.2, 0.25) is 9.84 Å². The van der Waals surface area contributed by atoms with Crippen molar-refractivity contribution >= 4 is 15.5 Å². The van der Waals surface area contributed by atoms with Gasteiger partial charge in [0.05, 0.1) is 49.2 Å². The SMILES string of the molecule is COCCCN1CCOc2ccc(C(O[C@H]3CNC[C@@H](OC[C@H]4CO4)[C@H]3c3ccc(COCC4CC4)cc3)S(=O)(=O)c3ccc(C)cc3)cc21. The highest BCUT2D eigenvalue weighted by molar-refractivity contribution is 7.91. The summed E-state index contributed by atoms with van der Waals surface area (Å²) in [6.45, 7) is 8.26. The third-order valence-electron chi connectivity index (χ3n) is 10.00. The number of benzene rings is 3. The summed E-state index contributed by atoms with van der Waals surface area (Å²) in [6, 6.07) is 21.0. The first-order chi connectivity index (χ1) is 24.4. The second kappa shape index (κ2) is 16.1. The molecule has 4 aliphatic rings. The van der Waals surface area contributed by atoms with Gasteiger partial charge in [0.1, 0.15) is 18.5 Å². The van der Waals surface area contributed by atoms with Gasteiger partial charge < -0.3 is 38.6 Å². The number of fused-ring (bicyclic) bond motifs is 1. The zero-order valence-electron chi connectivity index (χ0n) is 29.1. The number of ether oxygens (including phenoxy) is 6. The molecule has 3 aliphatic heterocycles. The Bertz CT molecular complexity index is 1660. The molecule has 3 aromatic carbocycles. The van der Waals surface area contributed by atoms with Crippen molar-refractivity contribution in [1.82, 2.24) is 5.32 Å². The molecule has 0 amide bonds. The molecule has 2 saturated heterocycles. The molecule has 1 N–H and O–H groups in total. The number of rotatable bonds is 17. The maximum absolute atomic E-state index is 14.7. The molecular weight excluding hydrogens is 657 g/mol. The lowest BCUT2D eigenvalue weighted by molar-refractivity contribution is -0.0664. The summed E-state index contributed by atoms with van der Waals surface area (Å²) in [5.74, 6) is 1.22. The van der Waals surface area contributed by atoms with Crippen LogP contribution in [0.1, 0.15) is 52.9 Å². The molecule has 0 spiro atoms. The molecule has 7 rings (SSSR count). The van der Waals surface area contributed by atoms with E-state index in [1.807, 2.05) is 37.3 Å². The van der Waals surface area contributed by atoms with Crippen LogP contribution >= 0.6 is 0 Å². The first kappa shape index (κ1) is 35.4. The fourth-order valence-corrected chi connectivity index (χ4v) is 8.41. The van der Waals surface area contributed by atoms with Crippen LogP contribution in [0.3, 0.4) is 0 Å². The van der Waals surface area contributed by atoms with Crippen molar-refractivity contribution in [2.24, 2.45) is 5.92 Å². The van der Waals surface area contributed by atoms with Crippen molar-refractivity contribution in [3.05, 3.63) is 89.0 Å². The number of hydrogen-bond acceptors (Lipinski definition) is 10. The van der Waals surface area contributed by atoms with Crippen molar-refractivity contribution in [3.8, 4) is 5.75 Å². The normalized spacial score (nSPS) is 24.0. The molecular formula is C39H50N2O8S. The topological polar surface area (TPSA) is 108 Å². The third kappa shape index (κ3) is 8.70. The molecule has 0 radical (unpaired) electrons. The largest absolute Gasteiger partial charge is 0.490 e. The van der Waals surface area contributed by atoms with Gasteiger partial charge in [-0.25, -0.2) is 8.42 Å². The van der Waals surface area contributed by atoms with Crippen LogP contribution in [0.2, 0.25) is 0 Å². The Morgan fingerprint density at radius 2 is 1.76 bits per heavy atom. The molecule has 10 nitrogen and oxygen atoms in total. The Kier molecular flexibility index (Phi) is 11.4. The van der Waals surface area contributed by atoms with Gasteiger partial charge in [0.15, 0.2) is 5.44 Å². The van der Waals surface area contributed by atoms with Crippen molar-refractivity contribution in [2.45, 2.75) is 67.4 Å². The molecule has 270 valence electrons. The second-order valence-corrected chi connectivity index (χ2v) is 16.0. The number of hydrogen-bond donors (Lipinski definition) is 1. The maximum atomic E-state index is 14.7. The first-order valence-electron chi connectivity index (χ1n) is 18.0. The number of nitrogens with one attached hydrogen (secondary N) is 1. The van der Waals surface area contributed by atoms with Gasteiger partial charge in [-0.1, -0.05) is 48.0 Å². The van der Waals surface area contributed by atoms with Crippen LogP contribution in [0.15, 0.2) is 71.6 Å². The van der Waals surface area contributed by atoms with Gasteiger partial charge in [-0.05, 0) is 73.1 Å². The highest BCUT2D eigenvalue weighted by Gasteiger charge is 2.42. The maximum Gasteiger partial charge on any atom is 0.209 e. The average molecular weight is 707 g/mol. The zero-order valence-corrected chi connectivity index (χ0v) is 29.9. The van der Waals surface area contributed by atoms with Gasteiger partial charge in [-0.15, -0.1) is 0 Å². The van der Waals surface area contributed by atoms with E-state index in [2.05, 4.69) is 34.5 Å². The predicted molar refractivity (Wildman–Crippen MR) is 191 cm³/mol. The molecule has 1 saturated carbocycles. The van der Waals surface area contributed by atoms with Gasteiger partial charge in [-0.2, -0.15) is 0 Å². The Labute approximate surface area is 296 Å². The van der Waals surface area contributed by atoms with E-state index in [0.717, 1.165) is 47.7 Å². The summed E-state index contributed by atoms with van der Waals surface area (Å²) in [7, 11) is -2.30. The predicted octanol–water partition coefficient (Wildman–Crippen LogP) is 5.19. The summed E-state index contributed by atoms with van der Waals surface area (Å²) in [5, 5.41) is 3.48. The van der Waals surface area contributed by atoms with Gasteiger partial charge in [0, 0.05) is 45.9 Å². The van der Waals surface area contributed by atoms with Gasteiger partial charge in [-0.3, -0.25) is 0 Å². The molecule has 3 heterocycles. The molecule has 1 unspecified atom stereocenters. The van der Waals surface area contributed by atoms with Crippen LogP contribution in [0.4, 0.5) is 5.69 Å². The summed E-state index contributed by atoms with van der Waals surface area (Å²) >= 11 is 0. The molecule has 0 bridgehead atoms. The Morgan fingerprint density at radius 3 is 2.50 bits per heavy atom. The number of epoxide rings is 1. The van der Waals surface area contributed by atoms with E-state index in [9.17, 15) is 8.42 Å². The van der Waals surface area contributed by atoms with E-state index in [-0.39, 0.29) is 23.0 Å². The average Bonchev–Trinajstić information content (AvgIpc) is 4.07. The fourth-order valence-electron chi connectivity index (χ4n) is 6.85. The Balaban J connectivity index is 1.21. The number of methoxy groups -OCH3 is 1. The lowest BCUT2D eigenvalue weighted by Crippen LogP contribution is -2.51. The molecule has 1 aliphatic carbocycles. The number of aryl methyl sites for hydroxylation is 1. The number of anilines is 1. The number of piperidine rings is 1. The zero-order chi connectivity index (χ0) is 34.5. The van der Waals surface area contributed by atoms with Crippen LogP contribution in [-0.4, -0.2) is 93.1 Å². The van der Waals surface area contributed by atoms with E-state index < -0.39 is 21.4 Å². The molecule has 3 fully saturated rings. The van der Waals surface area contributed by atoms with E-state index >= 15 is 0 Å². The number of sulfone groups is 1. The van der Waals surface area contributed by atoms with Crippen LogP contribution in [0.25, 0.3) is 0 Å². The van der Waals surface area contributed by atoms with Crippen LogP contribution in [-0.2, 0) is 40.1 Å². The molecule has 50 heavy (non-hydrogen) atoms. The Hall–Kier alpha value is -3.03. The smallest absolute Gasteiger partial charge is 0.209 e. The minimum atomic E-state index is -4.00. The summed E-state index contributed by atoms with van der Waals surface area (Å²) in [4.78, 5) is 2.45. The lowest BCUT2D eigenvalue weighted by Gasteiger charge is -2.40. The van der Waals surface area contributed by atoms with Crippen molar-refractivity contribution in [3.63, 3.8) is 0 Å². The van der Waals surface area contributed by atoms with Crippen LogP contribution < -0.4 is 15.0 Å². The summed E-state index contributed by atoms with van der Waals surface area (Å²) in [5.41, 5.74) is 3.28. The summed E-state index contributed by atoms with van der Waals surface area (Å²) in [6.07, 6.45) is 2.70. The molecule has 3 aromatic rings. The van der Waals surface area contributed by atoms with E-state index in [0.29, 0.717) is 64.2 Å². The van der Waals surface area contributed by atoms with Gasteiger partial charge in [0.25, 0.3) is 0 Å². The van der Waals surface area contributed by atoms with E-state index in [4.69, 9.17) is 28.4 Å². The Morgan fingerprint density at radius 1 is 0.980 bits per heavy atom. The van der Waals surface area contributed by atoms with Gasteiger partial charge >= 0.3 is 0 Å². The lowest BCUT2D eigenvalue weighted by atomic mass is 9.85. The monoisotopic (exact) mass is 706 g/mol. The standard InChI is InChI=1S/C39H50N2O8S/c1-27-4-13-33(14-5-27)50(42,43)39(31-12-15-35-34(20-31)41(17-19-46-35)16-3-18-44-2)49-37-22-40-21-36(48-26-32-25-47-32)38(37)30-10-8-29(9-11-30)24-45-23-28-6-7-28/h4-5,8-15,20,28,32,36-40H,3,6-7,16-19,21-26H2,1-2H3/t32-,36-,37+,38-,39?/m1/s1. The van der Waals surface area contributed by atoms with Crippen molar-refractivity contribution in [1.29, 1.82) is 0 Å².